The van der Waals surface area contributed by atoms with Crippen molar-refractivity contribution in [2.24, 2.45) is 5.92 Å². The monoisotopic (exact) mass is 404 g/mol. The zero-order valence-corrected chi connectivity index (χ0v) is 17.1. The molecule has 1 aliphatic heterocycles. The molecular formula is C24H28N4O2. The first-order valence-corrected chi connectivity index (χ1v) is 10.6. The number of likely N-dealkylation sites (tertiary alicyclic amines) is 1. The molecule has 30 heavy (non-hydrogen) atoms. The van der Waals surface area contributed by atoms with Gasteiger partial charge in [-0.2, -0.15) is 0 Å². The SMILES string of the molecule is O=C(NCCCn1ccc2ccccc21)C1CCCN(C(=O)Nc2ccccc2)C1. The number of rotatable bonds is 6. The number of carbonyl (C=O) groups is 2. The van der Waals surface area contributed by atoms with Gasteiger partial charge in [-0.15, -0.1) is 0 Å². The van der Waals surface area contributed by atoms with Crippen LogP contribution in [-0.2, 0) is 11.3 Å². The summed E-state index contributed by atoms with van der Waals surface area (Å²) in [5.41, 5.74) is 1.99. The van der Waals surface area contributed by atoms with E-state index in [9.17, 15) is 9.59 Å². The molecule has 2 heterocycles. The number of para-hydroxylation sites is 2. The number of hydrogen-bond acceptors (Lipinski definition) is 2. The van der Waals surface area contributed by atoms with Crippen molar-refractivity contribution in [1.29, 1.82) is 0 Å². The minimum absolute atomic E-state index is 0.0459. The molecule has 1 saturated heterocycles. The number of nitrogens with one attached hydrogen (secondary N) is 2. The van der Waals surface area contributed by atoms with E-state index in [-0.39, 0.29) is 17.9 Å². The Morgan fingerprint density at radius 3 is 2.67 bits per heavy atom. The molecule has 0 saturated carbocycles. The molecule has 0 bridgehead atoms. The Bertz CT molecular complexity index is 999. The summed E-state index contributed by atoms with van der Waals surface area (Å²) < 4.78 is 2.22. The van der Waals surface area contributed by atoms with Crippen LogP contribution in [0.1, 0.15) is 19.3 Å². The molecule has 1 aliphatic rings. The van der Waals surface area contributed by atoms with E-state index >= 15 is 0 Å². The van der Waals surface area contributed by atoms with Crippen LogP contribution in [0, 0.1) is 5.92 Å². The molecule has 3 aromatic rings. The molecule has 0 spiro atoms. The summed E-state index contributed by atoms with van der Waals surface area (Å²) >= 11 is 0. The Labute approximate surface area is 176 Å². The second-order valence-corrected chi connectivity index (χ2v) is 7.79. The van der Waals surface area contributed by atoms with Gasteiger partial charge in [0.25, 0.3) is 0 Å². The predicted molar refractivity (Wildman–Crippen MR) is 119 cm³/mol. The van der Waals surface area contributed by atoms with Crippen molar-refractivity contribution in [2.45, 2.75) is 25.8 Å². The number of hydrogen-bond donors (Lipinski definition) is 2. The molecule has 1 unspecified atom stereocenters. The van der Waals surface area contributed by atoms with Gasteiger partial charge in [-0.05, 0) is 48.9 Å². The molecule has 6 nitrogen and oxygen atoms in total. The van der Waals surface area contributed by atoms with Crippen LogP contribution < -0.4 is 10.6 Å². The smallest absolute Gasteiger partial charge is 0.321 e. The highest BCUT2D eigenvalue weighted by molar-refractivity contribution is 5.90. The van der Waals surface area contributed by atoms with Gasteiger partial charge in [0.05, 0.1) is 5.92 Å². The van der Waals surface area contributed by atoms with Gasteiger partial charge in [0.2, 0.25) is 5.91 Å². The van der Waals surface area contributed by atoms with Crippen LogP contribution in [0.5, 0.6) is 0 Å². The number of amides is 3. The molecule has 0 aliphatic carbocycles. The number of anilines is 1. The van der Waals surface area contributed by atoms with Crippen LogP contribution in [0.25, 0.3) is 10.9 Å². The van der Waals surface area contributed by atoms with E-state index in [0.29, 0.717) is 19.6 Å². The molecule has 1 atom stereocenters. The molecule has 2 N–H and O–H groups in total. The number of aryl methyl sites for hydroxylation is 1. The lowest BCUT2D eigenvalue weighted by atomic mass is 9.97. The maximum absolute atomic E-state index is 12.6. The quantitative estimate of drug-likeness (QED) is 0.608. The molecule has 0 radical (unpaired) electrons. The van der Waals surface area contributed by atoms with E-state index in [1.54, 1.807) is 4.90 Å². The van der Waals surface area contributed by atoms with Crippen LogP contribution in [0.2, 0.25) is 0 Å². The maximum Gasteiger partial charge on any atom is 0.321 e. The summed E-state index contributed by atoms with van der Waals surface area (Å²) in [6.07, 6.45) is 4.63. The topological polar surface area (TPSA) is 66.4 Å². The number of piperidine rings is 1. The molecule has 6 heteroatoms. The van der Waals surface area contributed by atoms with E-state index in [4.69, 9.17) is 0 Å². The molecule has 1 fully saturated rings. The average molecular weight is 405 g/mol. The highest BCUT2D eigenvalue weighted by Crippen LogP contribution is 2.18. The van der Waals surface area contributed by atoms with Crippen LogP contribution in [0.4, 0.5) is 10.5 Å². The third kappa shape index (κ3) is 4.82. The van der Waals surface area contributed by atoms with Crippen molar-refractivity contribution in [3.05, 3.63) is 66.9 Å². The second-order valence-electron chi connectivity index (χ2n) is 7.79. The van der Waals surface area contributed by atoms with Crippen molar-refractivity contribution in [3.63, 3.8) is 0 Å². The van der Waals surface area contributed by atoms with E-state index in [2.05, 4.69) is 39.6 Å². The fourth-order valence-electron chi connectivity index (χ4n) is 4.04. The highest BCUT2D eigenvalue weighted by Gasteiger charge is 2.28. The van der Waals surface area contributed by atoms with Crippen LogP contribution in [0.3, 0.4) is 0 Å². The number of carbonyl (C=O) groups excluding carboxylic acids is 2. The van der Waals surface area contributed by atoms with Crippen LogP contribution >= 0.6 is 0 Å². The minimum atomic E-state index is -0.146. The first kappa shape index (κ1) is 20.0. The minimum Gasteiger partial charge on any atom is -0.356 e. The Balaban J connectivity index is 1.22. The lowest BCUT2D eigenvalue weighted by molar-refractivity contribution is -0.126. The third-order valence-electron chi connectivity index (χ3n) is 5.66. The largest absolute Gasteiger partial charge is 0.356 e. The van der Waals surface area contributed by atoms with E-state index in [1.165, 1.54) is 10.9 Å². The summed E-state index contributed by atoms with van der Waals surface area (Å²) in [6, 6.07) is 19.7. The molecule has 3 amide bonds. The fourth-order valence-corrected chi connectivity index (χ4v) is 4.04. The van der Waals surface area contributed by atoms with Gasteiger partial charge in [0.1, 0.15) is 0 Å². The van der Waals surface area contributed by atoms with Crippen LogP contribution in [0.15, 0.2) is 66.9 Å². The van der Waals surface area contributed by atoms with Crippen LogP contribution in [-0.4, -0.2) is 41.0 Å². The third-order valence-corrected chi connectivity index (χ3v) is 5.66. The van der Waals surface area contributed by atoms with Gasteiger partial charge in [0, 0.05) is 43.6 Å². The summed E-state index contributed by atoms with van der Waals surface area (Å²) in [6.45, 7) is 2.65. The average Bonchev–Trinajstić information content (AvgIpc) is 3.20. The molecular weight excluding hydrogens is 376 g/mol. The standard InChI is InChI=1S/C24H28N4O2/c29-23(25-14-7-16-27-17-13-19-8-4-5-12-22(19)27)20-9-6-15-28(18-20)24(30)26-21-10-2-1-3-11-21/h1-5,8,10-13,17,20H,6-7,9,14-16,18H2,(H,25,29)(H,26,30). The Kier molecular flexibility index (Phi) is 6.32. The van der Waals surface area contributed by atoms with Gasteiger partial charge >= 0.3 is 6.03 Å². The summed E-state index contributed by atoms with van der Waals surface area (Å²) in [5.74, 6) is -0.0998. The normalized spacial score (nSPS) is 16.4. The fraction of sp³-hybridized carbons (Fsp3) is 0.333. The zero-order chi connectivity index (χ0) is 20.8. The van der Waals surface area contributed by atoms with Gasteiger partial charge < -0.3 is 20.1 Å². The van der Waals surface area contributed by atoms with E-state index in [1.807, 2.05) is 42.5 Å². The Morgan fingerprint density at radius 1 is 1.00 bits per heavy atom. The number of urea groups is 1. The van der Waals surface area contributed by atoms with Crippen molar-refractivity contribution in [2.75, 3.05) is 25.0 Å². The summed E-state index contributed by atoms with van der Waals surface area (Å²) in [5, 5.41) is 7.20. The van der Waals surface area contributed by atoms with Gasteiger partial charge in [-0.3, -0.25) is 4.79 Å². The maximum atomic E-state index is 12.6. The number of nitrogens with zero attached hydrogens (tertiary/aromatic N) is 2. The van der Waals surface area contributed by atoms with Crippen molar-refractivity contribution in [3.8, 4) is 0 Å². The predicted octanol–water partition coefficient (Wildman–Crippen LogP) is 4.09. The summed E-state index contributed by atoms with van der Waals surface area (Å²) in [7, 11) is 0. The number of benzene rings is 2. The number of aromatic nitrogens is 1. The Hall–Kier alpha value is -3.28. The number of fused-ring (bicyclic) bond motifs is 1. The summed E-state index contributed by atoms with van der Waals surface area (Å²) in [4.78, 5) is 26.9. The van der Waals surface area contributed by atoms with E-state index in [0.717, 1.165) is 31.5 Å². The molecule has 1 aromatic heterocycles. The van der Waals surface area contributed by atoms with Crippen molar-refractivity contribution in [1.82, 2.24) is 14.8 Å². The lowest BCUT2D eigenvalue weighted by Gasteiger charge is -2.32. The first-order chi connectivity index (χ1) is 14.7. The highest BCUT2D eigenvalue weighted by atomic mass is 16.2. The van der Waals surface area contributed by atoms with E-state index < -0.39 is 0 Å². The van der Waals surface area contributed by atoms with Crippen molar-refractivity contribution >= 4 is 28.5 Å². The second kappa shape index (κ2) is 9.48. The van der Waals surface area contributed by atoms with Gasteiger partial charge in [0.15, 0.2) is 0 Å². The Morgan fingerprint density at radius 2 is 1.80 bits per heavy atom. The zero-order valence-electron chi connectivity index (χ0n) is 17.1. The molecule has 156 valence electrons. The lowest BCUT2D eigenvalue weighted by Crippen LogP contribution is -2.47. The molecule has 2 aromatic carbocycles. The van der Waals surface area contributed by atoms with Gasteiger partial charge in [-0.1, -0.05) is 36.4 Å². The van der Waals surface area contributed by atoms with Crippen molar-refractivity contribution < 1.29 is 9.59 Å². The van der Waals surface area contributed by atoms with Gasteiger partial charge in [-0.25, -0.2) is 4.79 Å². The molecule has 4 rings (SSSR count). The first-order valence-electron chi connectivity index (χ1n) is 10.6.